The zero-order valence-corrected chi connectivity index (χ0v) is 10.5. The average Bonchev–Trinajstić information content (AvgIpc) is 2.72. The second-order valence-electron chi connectivity index (χ2n) is 5.20. The van der Waals surface area contributed by atoms with E-state index in [1.54, 1.807) is 0 Å². The van der Waals surface area contributed by atoms with Gasteiger partial charge in [-0.1, -0.05) is 30.4 Å². The fourth-order valence-electron chi connectivity index (χ4n) is 3.08. The monoisotopic (exact) mass is 229 g/mol. The van der Waals surface area contributed by atoms with Crippen molar-refractivity contribution in [3.8, 4) is 0 Å². The molecule has 2 atom stereocenters. The van der Waals surface area contributed by atoms with E-state index in [-0.39, 0.29) is 5.60 Å². The van der Waals surface area contributed by atoms with E-state index in [9.17, 15) is 0 Å². The zero-order chi connectivity index (χ0) is 11.9. The van der Waals surface area contributed by atoms with Crippen molar-refractivity contribution in [3.05, 3.63) is 41.0 Å². The third kappa shape index (κ3) is 1.63. The smallest absolute Gasteiger partial charge is 0.0863 e. The van der Waals surface area contributed by atoms with Crippen LogP contribution in [0.4, 0.5) is 0 Å². The number of fused-ring (bicyclic) bond motifs is 3. The fourth-order valence-corrected chi connectivity index (χ4v) is 3.08. The van der Waals surface area contributed by atoms with Crippen LogP contribution in [0, 0.1) is 0 Å². The van der Waals surface area contributed by atoms with Crippen molar-refractivity contribution in [1.82, 2.24) is 5.32 Å². The first-order valence-corrected chi connectivity index (χ1v) is 6.34. The Morgan fingerprint density at radius 2 is 2.35 bits per heavy atom. The molecule has 2 nitrogen and oxygen atoms in total. The molecule has 90 valence electrons. The molecule has 1 aromatic rings. The van der Waals surface area contributed by atoms with Gasteiger partial charge in [-0.05, 0) is 30.5 Å². The largest absolute Gasteiger partial charge is 0.369 e. The van der Waals surface area contributed by atoms with Crippen LogP contribution in [-0.4, -0.2) is 18.7 Å². The summed E-state index contributed by atoms with van der Waals surface area (Å²) in [4.78, 5) is 0. The van der Waals surface area contributed by atoms with Gasteiger partial charge in [0.05, 0.1) is 12.2 Å². The van der Waals surface area contributed by atoms with Crippen LogP contribution in [0.25, 0.3) is 6.08 Å². The van der Waals surface area contributed by atoms with Crippen LogP contribution in [0.15, 0.2) is 24.3 Å². The molecule has 0 unspecified atom stereocenters. The molecule has 2 heteroatoms. The van der Waals surface area contributed by atoms with Crippen molar-refractivity contribution < 1.29 is 4.74 Å². The molecule has 17 heavy (non-hydrogen) atoms. The molecule has 3 rings (SSSR count). The van der Waals surface area contributed by atoms with E-state index in [0.717, 1.165) is 19.7 Å². The SMILES string of the molecule is C/C=C\c1cccc2c1CO[C@]1(C)CNC[C@H]21. The van der Waals surface area contributed by atoms with Gasteiger partial charge in [0.15, 0.2) is 0 Å². The standard InChI is InChI=1S/C15H19NO/c1-3-5-11-6-4-7-12-13(11)9-17-15(2)10-16-8-14(12)15/h3-7,14,16H,8-10H2,1-2H3/b5-3-/t14-,15-/m1/s1. The molecule has 0 aliphatic carbocycles. The molecule has 0 spiro atoms. The Labute approximate surface area is 103 Å². The molecule has 2 heterocycles. The number of rotatable bonds is 1. The minimum atomic E-state index is -0.0123. The first kappa shape index (κ1) is 11.0. The molecular weight excluding hydrogens is 210 g/mol. The molecule has 2 aliphatic rings. The highest BCUT2D eigenvalue weighted by molar-refractivity contribution is 5.57. The normalized spacial score (nSPS) is 31.5. The predicted octanol–water partition coefficient (Wildman–Crippen LogP) is 2.70. The summed E-state index contributed by atoms with van der Waals surface area (Å²) in [5.41, 5.74) is 4.14. The second kappa shape index (κ2) is 3.97. The minimum Gasteiger partial charge on any atom is -0.369 e. The van der Waals surface area contributed by atoms with Gasteiger partial charge in [-0.25, -0.2) is 0 Å². The lowest BCUT2D eigenvalue weighted by Crippen LogP contribution is -2.39. The van der Waals surface area contributed by atoms with E-state index in [1.165, 1.54) is 16.7 Å². The Morgan fingerprint density at radius 3 is 3.18 bits per heavy atom. The number of allylic oxidation sites excluding steroid dienone is 1. The number of hydrogen-bond acceptors (Lipinski definition) is 2. The van der Waals surface area contributed by atoms with Crippen molar-refractivity contribution in [2.45, 2.75) is 32.0 Å². The molecule has 1 fully saturated rings. The molecule has 1 saturated heterocycles. The molecule has 1 N–H and O–H groups in total. The average molecular weight is 229 g/mol. The van der Waals surface area contributed by atoms with E-state index in [4.69, 9.17) is 4.74 Å². The molecule has 2 aliphatic heterocycles. The van der Waals surface area contributed by atoms with Crippen molar-refractivity contribution in [3.63, 3.8) is 0 Å². The van der Waals surface area contributed by atoms with Gasteiger partial charge < -0.3 is 10.1 Å². The Morgan fingerprint density at radius 1 is 1.47 bits per heavy atom. The number of benzene rings is 1. The highest BCUT2D eigenvalue weighted by Gasteiger charge is 2.44. The quantitative estimate of drug-likeness (QED) is 0.799. The van der Waals surface area contributed by atoms with Gasteiger partial charge in [-0.3, -0.25) is 0 Å². The van der Waals surface area contributed by atoms with Crippen molar-refractivity contribution in [1.29, 1.82) is 0 Å². The minimum absolute atomic E-state index is 0.0123. The summed E-state index contributed by atoms with van der Waals surface area (Å²) in [7, 11) is 0. The number of ether oxygens (including phenoxy) is 1. The second-order valence-corrected chi connectivity index (χ2v) is 5.20. The van der Waals surface area contributed by atoms with Crippen LogP contribution >= 0.6 is 0 Å². The van der Waals surface area contributed by atoms with Crippen LogP contribution < -0.4 is 5.32 Å². The molecule has 0 aromatic heterocycles. The third-order valence-corrected chi connectivity index (χ3v) is 4.08. The first-order valence-electron chi connectivity index (χ1n) is 6.34. The predicted molar refractivity (Wildman–Crippen MR) is 70.0 cm³/mol. The van der Waals surface area contributed by atoms with Crippen LogP contribution in [0.1, 0.15) is 36.5 Å². The van der Waals surface area contributed by atoms with Crippen LogP contribution in [0.3, 0.4) is 0 Å². The number of hydrogen-bond donors (Lipinski definition) is 1. The Bertz CT molecular complexity index is 466. The van der Waals surface area contributed by atoms with Crippen LogP contribution in [-0.2, 0) is 11.3 Å². The summed E-state index contributed by atoms with van der Waals surface area (Å²) in [6.45, 7) is 7.02. The van der Waals surface area contributed by atoms with Gasteiger partial charge in [-0.2, -0.15) is 0 Å². The van der Waals surface area contributed by atoms with Gasteiger partial charge in [0, 0.05) is 19.0 Å². The molecule has 0 amide bonds. The first-order chi connectivity index (χ1) is 8.24. The summed E-state index contributed by atoms with van der Waals surface area (Å²) in [5.74, 6) is 0.497. The van der Waals surface area contributed by atoms with Gasteiger partial charge in [0.1, 0.15) is 0 Å². The maximum absolute atomic E-state index is 6.11. The van der Waals surface area contributed by atoms with E-state index in [1.807, 2.05) is 0 Å². The summed E-state index contributed by atoms with van der Waals surface area (Å²) < 4.78 is 6.11. The Kier molecular flexibility index (Phi) is 2.57. The maximum Gasteiger partial charge on any atom is 0.0863 e. The van der Waals surface area contributed by atoms with Gasteiger partial charge in [-0.15, -0.1) is 0 Å². The van der Waals surface area contributed by atoms with Crippen LogP contribution in [0.5, 0.6) is 0 Å². The van der Waals surface area contributed by atoms with Crippen molar-refractivity contribution in [2.24, 2.45) is 0 Å². The molecule has 1 aromatic carbocycles. The summed E-state index contributed by atoms with van der Waals surface area (Å²) in [5, 5.41) is 3.45. The maximum atomic E-state index is 6.11. The highest BCUT2D eigenvalue weighted by atomic mass is 16.5. The van der Waals surface area contributed by atoms with E-state index in [2.05, 4.69) is 49.5 Å². The van der Waals surface area contributed by atoms with Crippen molar-refractivity contribution >= 4 is 6.08 Å². The highest BCUT2D eigenvalue weighted by Crippen LogP contribution is 2.42. The molecule has 0 radical (unpaired) electrons. The van der Waals surface area contributed by atoms with Gasteiger partial charge in [0.25, 0.3) is 0 Å². The van der Waals surface area contributed by atoms with E-state index >= 15 is 0 Å². The number of nitrogens with one attached hydrogen (secondary N) is 1. The van der Waals surface area contributed by atoms with E-state index < -0.39 is 0 Å². The molecule has 0 bridgehead atoms. The van der Waals surface area contributed by atoms with Gasteiger partial charge in [0.2, 0.25) is 0 Å². The zero-order valence-electron chi connectivity index (χ0n) is 10.5. The molecule has 0 saturated carbocycles. The van der Waals surface area contributed by atoms with E-state index in [0.29, 0.717) is 5.92 Å². The summed E-state index contributed by atoms with van der Waals surface area (Å²) in [6, 6.07) is 6.60. The fraction of sp³-hybridized carbons (Fsp3) is 0.467. The van der Waals surface area contributed by atoms with Crippen LogP contribution in [0.2, 0.25) is 0 Å². The topological polar surface area (TPSA) is 21.3 Å². The molecular formula is C15H19NO. The lowest BCUT2D eigenvalue weighted by atomic mass is 9.80. The van der Waals surface area contributed by atoms with Gasteiger partial charge >= 0.3 is 0 Å². The Balaban J connectivity index is 2.10. The van der Waals surface area contributed by atoms with Crippen molar-refractivity contribution in [2.75, 3.05) is 13.1 Å². The summed E-state index contributed by atoms with van der Waals surface area (Å²) >= 11 is 0. The lowest BCUT2D eigenvalue weighted by Gasteiger charge is -2.37. The Hall–Kier alpha value is -1.12. The third-order valence-electron chi connectivity index (χ3n) is 4.08. The summed E-state index contributed by atoms with van der Waals surface area (Å²) in [6.07, 6.45) is 4.27. The lowest BCUT2D eigenvalue weighted by molar-refractivity contribution is -0.0518.